The molecule has 1 atom stereocenters. The molecule has 18 heteroatoms. The van der Waals surface area contributed by atoms with Crippen LogP contribution in [-0.2, 0) is 51.0 Å². The lowest BCUT2D eigenvalue weighted by molar-refractivity contribution is -0.131. The number of amides is 1. The van der Waals surface area contributed by atoms with Crippen LogP contribution in [0.25, 0.3) is 10.9 Å². The van der Waals surface area contributed by atoms with Gasteiger partial charge in [-0.1, -0.05) is 0 Å². The Morgan fingerprint density at radius 3 is 2.00 bits per heavy atom. The van der Waals surface area contributed by atoms with E-state index in [1.807, 2.05) is 44.6 Å². The first kappa shape index (κ1) is 53.7. The number of aromatic nitrogens is 3. The van der Waals surface area contributed by atoms with Crippen LogP contribution < -0.4 is 20.8 Å². The van der Waals surface area contributed by atoms with Crippen molar-refractivity contribution in [3.05, 3.63) is 93.5 Å². The molecule has 4 heterocycles. The molecular formula is C51H74FN7O10. The van der Waals surface area contributed by atoms with Crippen LogP contribution in [-0.4, -0.2) is 169 Å². The minimum Gasteiger partial charge on any atom is -0.489 e. The molecule has 69 heavy (non-hydrogen) atoms. The standard InChI is InChI=1S/C51H74FN7O10/c1-39-6-7-44(34-55-39)57-14-4-5-45(38-57)58(35-41-10-13-54-40(2)31-41)36-42-37-59(43-8-9-43)48-33-49(47(52)32-46(48)51(42)61)69-18-15-56(3)50(60)11-16-62-19-21-64-23-25-66-27-29-68-30-28-67-26-24-65-22-20-63-17-12-53/h6-7,10,13,31-34,37,43,45H,4-5,8-9,11-12,14-30,35-36,38,53H2,1-3H3/t45-/m0/s1. The number of nitrogens with two attached hydrogens (primary N) is 1. The van der Waals surface area contributed by atoms with Crippen molar-refractivity contribution >= 4 is 22.5 Å². The average Bonchev–Trinajstić information content (AvgIpc) is 4.20. The maximum Gasteiger partial charge on any atom is 0.224 e. The first-order valence-electron chi connectivity index (χ1n) is 24.5. The summed E-state index contributed by atoms with van der Waals surface area (Å²) in [7, 11) is 1.68. The Labute approximate surface area is 406 Å². The zero-order chi connectivity index (χ0) is 48.6. The summed E-state index contributed by atoms with van der Waals surface area (Å²) < 4.78 is 62.1. The summed E-state index contributed by atoms with van der Waals surface area (Å²) in [6, 6.07) is 11.7. The third-order valence-corrected chi connectivity index (χ3v) is 12.1. The average molecular weight is 964 g/mol. The Balaban J connectivity index is 0.899. The van der Waals surface area contributed by atoms with Gasteiger partial charge in [0.1, 0.15) is 6.61 Å². The Morgan fingerprint density at radius 1 is 0.768 bits per heavy atom. The third-order valence-electron chi connectivity index (χ3n) is 12.1. The maximum absolute atomic E-state index is 15.8. The largest absolute Gasteiger partial charge is 0.489 e. The number of likely N-dealkylation sites (N-methyl/N-ethyl adjacent to an activating group) is 1. The van der Waals surface area contributed by atoms with E-state index >= 15 is 4.39 Å². The highest BCUT2D eigenvalue weighted by Gasteiger charge is 2.30. The molecule has 380 valence electrons. The summed E-state index contributed by atoms with van der Waals surface area (Å²) in [6.07, 6.45) is 9.90. The molecule has 0 radical (unpaired) electrons. The van der Waals surface area contributed by atoms with E-state index in [1.165, 1.54) is 6.07 Å². The van der Waals surface area contributed by atoms with Crippen molar-refractivity contribution < 1.29 is 47.1 Å². The van der Waals surface area contributed by atoms with Gasteiger partial charge in [0.25, 0.3) is 0 Å². The number of piperidine rings is 1. The molecule has 2 N–H and O–H groups in total. The molecule has 1 saturated heterocycles. The van der Waals surface area contributed by atoms with E-state index in [1.54, 1.807) is 18.0 Å². The number of halogens is 1. The summed E-state index contributed by atoms with van der Waals surface area (Å²) in [5, 5.41) is 0.338. The molecule has 1 amide bonds. The minimum atomic E-state index is -0.611. The highest BCUT2D eigenvalue weighted by atomic mass is 19.1. The second-order valence-electron chi connectivity index (χ2n) is 17.5. The van der Waals surface area contributed by atoms with E-state index < -0.39 is 5.82 Å². The van der Waals surface area contributed by atoms with Gasteiger partial charge in [-0.15, -0.1) is 0 Å². The number of hydrogen-bond acceptors (Lipinski definition) is 15. The number of anilines is 1. The van der Waals surface area contributed by atoms with Gasteiger partial charge in [0, 0.05) is 92.7 Å². The molecule has 0 unspecified atom stereocenters. The molecule has 3 aromatic heterocycles. The van der Waals surface area contributed by atoms with E-state index in [2.05, 4.69) is 36.5 Å². The molecule has 0 spiro atoms. The Morgan fingerprint density at radius 2 is 1.41 bits per heavy atom. The lowest BCUT2D eigenvalue weighted by Crippen LogP contribution is -2.48. The normalized spacial score (nSPS) is 15.1. The molecule has 4 aromatic rings. The summed E-state index contributed by atoms with van der Waals surface area (Å²) >= 11 is 0. The Kier molecular flexibility index (Phi) is 23.0. The molecule has 0 bridgehead atoms. The molecule has 1 saturated carbocycles. The summed E-state index contributed by atoms with van der Waals surface area (Å²) in [4.78, 5) is 42.4. The van der Waals surface area contributed by atoms with Gasteiger partial charge in [0.2, 0.25) is 5.91 Å². The van der Waals surface area contributed by atoms with Crippen molar-refractivity contribution in [3.8, 4) is 5.75 Å². The second-order valence-corrected chi connectivity index (χ2v) is 17.5. The van der Waals surface area contributed by atoms with E-state index in [4.69, 9.17) is 43.6 Å². The van der Waals surface area contributed by atoms with Crippen LogP contribution in [0.3, 0.4) is 0 Å². The predicted molar refractivity (Wildman–Crippen MR) is 261 cm³/mol. The van der Waals surface area contributed by atoms with Gasteiger partial charge in [-0.25, -0.2) is 4.39 Å². The number of ether oxygens (including phenoxy) is 8. The van der Waals surface area contributed by atoms with Gasteiger partial charge in [-0.2, -0.15) is 0 Å². The second kappa shape index (κ2) is 29.5. The lowest BCUT2D eigenvalue weighted by atomic mass is 10.0. The van der Waals surface area contributed by atoms with Crippen molar-refractivity contribution in [1.29, 1.82) is 0 Å². The highest BCUT2D eigenvalue weighted by molar-refractivity contribution is 5.81. The van der Waals surface area contributed by atoms with Crippen LogP contribution in [0.4, 0.5) is 10.1 Å². The summed E-state index contributed by atoms with van der Waals surface area (Å²) in [5.74, 6) is -0.679. The van der Waals surface area contributed by atoms with E-state index in [0.717, 1.165) is 61.4 Å². The number of fused-ring (bicyclic) bond motifs is 1. The zero-order valence-corrected chi connectivity index (χ0v) is 41.0. The number of carbonyl (C=O) groups is 1. The number of benzene rings is 1. The summed E-state index contributed by atoms with van der Waals surface area (Å²) in [6.45, 7) is 13.9. The monoisotopic (exact) mass is 964 g/mol. The van der Waals surface area contributed by atoms with Gasteiger partial charge in [-0.05, 0) is 75.4 Å². The number of nitrogens with zero attached hydrogens (tertiary/aromatic N) is 6. The molecule has 2 aliphatic rings. The number of rotatable bonds is 34. The fraction of sp³-hybridized carbons (Fsp3) is 0.608. The first-order chi connectivity index (χ1) is 33.7. The number of pyridine rings is 3. The van der Waals surface area contributed by atoms with Gasteiger partial charge in [-0.3, -0.25) is 24.5 Å². The first-order valence-corrected chi connectivity index (χ1v) is 24.5. The molecule has 1 aliphatic carbocycles. The SMILES string of the molecule is Cc1ccc(N2CCC[C@H](N(Cc3ccnc(C)c3)Cc3cn(C4CC4)c4cc(OCCN(C)C(=O)CCOCCOCCOCCOCCOCCOCCOCCN)c(F)cc4c3=O)C2)cn1. The van der Waals surface area contributed by atoms with Crippen molar-refractivity contribution in [2.75, 3.05) is 137 Å². The maximum atomic E-state index is 15.8. The quantitative estimate of drug-likeness (QED) is 0.0629. The molecule has 1 aliphatic heterocycles. The van der Waals surface area contributed by atoms with Crippen LogP contribution in [0.2, 0.25) is 0 Å². The Bertz CT molecular complexity index is 2200. The Hall–Kier alpha value is -4.63. The van der Waals surface area contributed by atoms with Gasteiger partial charge in [0.05, 0.1) is 123 Å². The van der Waals surface area contributed by atoms with Crippen LogP contribution in [0.5, 0.6) is 5.75 Å². The third kappa shape index (κ3) is 18.2. The molecule has 17 nitrogen and oxygen atoms in total. The number of aryl methyl sites for hydroxylation is 2. The van der Waals surface area contributed by atoms with Crippen molar-refractivity contribution in [2.24, 2.45) is 5.73 Å². The number of hydrogen-bond donors (Lipinski definition) is 1. The highest BCUT2D eigenvalue weighted by Crippen LogP contribution is 2.38. The van der Waals surface area contributed by atoms with Crippen LogP contribution in [0.1, 0.15) is 60.7 Å². The molecular weight excluding hydrogens is 890 g/mol. The smallest absolute Gasteiger partial charge is 0.224 e. The van der Waals surface area contributed by atoms with Crippen LogP contribution >= 0.6 is 0 Å². The zero-order valence-electron chi connectivity index (χ0n) is 41.0. The predicted octanol–water partition coefficient (Wildman–Crippen LogP) is 4.86. The fourth-order valence-corrected chi connectivity index (χ4v) is 8.16. The molecule has 6 rings (SSSR count). The minimum absolute atomic E-state index is 0.0510. The molecule has 2 fully saturated rings. The van der Waals surface area contributed by atoms with E-state index in [0.29, 0.717) is 122 Å². The van der Waals surface area contributed by atoms with Crippen LogP contribution in [0.15, 0.2) is 59.8 Å². The lowest BCUT2D eigenvalue weighted by Gasteiger charge is -2.40. The van der Waals surface area contributed by atoms with Crippen molar-refractivity contribution in [3.63, 3.8) is 0 Å². The number of carbonyl (C=O) groups excluding carboxylic acids is 1. The van der Waals surface area contributed by atoms with Crippen molar-refractivity contribution in [2.45, 2.75) is 71.1 Å². The fourth-order valence-electron chi connectivity index (χ4n) is 8.16. The van der Waals surface area contributed by atoms with Crippen molar-refractivity contribution in [1.82, 2.24) is 24.3 Å². The summed E-state index contributed by atoms with van der Waals surface area (Å²) in [5.41, 5.74) is 10.6. The van der Waals surface area contributed by atoms with Gasteiger partial charge in [0.15, 0.2) is 17.0 Å². The van der Waals surface area contributed by atoms with Gasteiger partial charge >= 0.3 is 0 Å². The van der Waals surface area contributed by atoms with E-state index in [9.17, 15) is 9.59 Å². The van der Waals surface area contributed by atoms with Gasteiger partial charge < -0.3 is 58.0 Å². The topological polar surface area (TPSA) is 174 Å². The van der Waals surface area contributed by atoms with Crippen LogP contribution in [0, 0.1) is 19.7 Å². The van der Waals surface area contributed by atoms with E-state index in [-0.39, 0.29) is 55.3 Å². The molecule has 1 aromatic carbocycles.